The Morgan fingerprint density at radius 2 is 2.30 bits per heavy atom. The molecule has 0 fully saturated rings. The van der Waals surface area contributed by atoms with E-state index in [9.17, 15) is 20.0 Å². The number of aromatic nitrogens is 2. The predicted octanol–water partition coefficient (Wildman–Crippen LogP) is 1.00. The van der Waals surface area contributed by atoms with E-state index >= 15 is 0 Å². The van der Waals surface area contributed by atoms with Crippen molar-refractivity contribution in [1.29, 1.82) is 0 Å². The first-order valence-corrected chi connectivity index (χ1v) is 5.55. The van der Waals surface area contributed by atoms with Crippen LogP contribution in [0, 0.1) is 10.1 Å². The Kier molecular flexibility index (Phi) is 3.34. The Labute approximate surface area is 112 Å². The molecule has 0 radical (unpaired) electrons. The molecule has 104 valence electrons. The number of nitrogens with zero attached hydrogens (tertiary/aromatic N) is 3. The van der Waals surface area contributed by atoms with Gasteiger partial charge in [-0.1, -0.05) is 0 Å². The van der Waals surface area contributed by atoms with Gasteiger partial charge in [0.15, 0.2) is 5.65 Å². The lowest BCUT2D eigenvalue weighted by atomic mass is 10.1. The minimum absolute atomic E-state index is 0.00125. The van der Waals surface area contributed by atoms with Gasteiger partial charge in [-0.25, -0.2) is 9.78 Å². The number of carbonyl (C=O) groups is 1. The van der Waals surface area contributed by atoms with E-state index in [-0.39, 0.29) is 28.9 Å². The van der Waals surface area contributed by atoms with Crippen molar-refractivity contribution in [2.45, 2.75) is 6.92 Å². The average Bonchev–Trinajstić information content (AvgIpc) is 2.38. The molecule has 2 rings (SSSR count). The largest absolute Gasteiger partial charge is 0.493 e. The van der Waals surface area contributed by atoms with Crippen molar-refractivity contribution in [2.24, 2.45) is 0 Å². The van der Waals surface area contributed by atoms with Crippen LogP contribution >= 0.6 is 0 Å². The zero-order valence-electron chi connectivity index (χ0n) is 10.4. The van der Waals surface area contributed by atoms with Crippen LogP contribution in [0.15, 0.2) is 12.3 Å². The van der Waals surface area contributed by atoms with Crippen LogP contribution in [0.5, 0.6) is 5.88 Å². The van der Waals surface area contributed by atoms with Crippen LogP contribution in [-0.4, -0.2) is 32.6 Å². The first-order valence-electron chi connectivity index (χ1n) is 5.55. The monoisotopic (exact) mass is 278 g/mol. The second kappa shape index (κ2) is 4.96. The fourth-order valence-electron chi connectivity index (χ4n) is 1.63. The van der Waals surface area contributed by atoms with Crippen LogP contribution in [0.1, 0.15) is 17.3 Å². The molecular formula is C11H10N4O5. The molecule has 0 spiro atoms. The van der Waals surface area contributed by atoms with Gasteiger partial charge in [-0.3, -0.25) is 10.1 Å². The van der Waals surface area contributed by atoms with Gasteiger partial charge >= 0.3 is 11.7 Å². The Morgan fingerprint density at radius 1 is 1.60 bits per heavy atom. The van der Waals surface area contributed by atoms with Gasteiger partial charge in [-0.2, -0.15) is 4.98 Å². The third kappa shape index (κ3) is 2.16. The van der Waals surface area contributed by atoms with E-state index in [4.69, 9.17) is 10.5 Å². The number of anilines is 1. The molecule has 0 atom stereocenters. The molecule has 0 saturated heterocycles. The molecule has 9 heteroatoms. The van der Waals surface area contributed by atoms with Crippen molar-refractivity contribution in [3.8, 4) is 5.88 Å². The number of rotatable bonds is 3. The molecule has 3 N–H and O–H groups in total. The van der Waals surface area contributed by atoms with Crippen LogP contribution in [0.25, 0.3) is 11.0 Å². The molecule has 0 aliphatic rings. The van der Waals surface area contributed by atoms with E-state index in [0.717, 1.165) is 6.20 Å². The van der Waals surface area contributed by atoms with E-state index in [1.807, 2.05) is 0 Å². The van der Waals surface area contributed by atoms with Gasteiger partial charge in [0.05, 0.1) is 16.9 Å². The highest BCUT2D eigenvalue weighted by atomic mass is 16.6. The lowest BCUT2D eigenvalue weighted by Crippen LogP contribution is -2.07. The summed E-state index contributed by atoms with van der Waals surface area (Å²) >= 11 is 0. The number of nitrogen functional groups attached to an aromatic ring is 1. The number of nitro groups is 1. The highest BCUT2D eigenvalue weighted by Crippen LogP contribution is 2.30. The highest BCUT2D eigenvalue weighted by Gasteiger charge is 2.21. The molecule has 0 amide bonds. The minimum Gasteiger partial charge on any atom is -0.493 e. The maximum Gasteiger partial charge on any atom is 0.343 e. The third-order valence-electron chi connectivity index (χ3n) is 2.55. The number of hydrogen-bond donors (Lipinski definition) is 2. The number of aromatic hydroxyl groups is 1. The number of fused-ring (bicyclic) bond motifs is 1. The van der Waals surface area contributed by atoms with Gasteiger partial charge in [0.2, 0.25) is 5.88 Å². The molecule has 2 heterocycles. The third-order valence-corrected chi connectivity index (χ3v) is 2.55. The lowest BCUT2D eigenvalue weighted by molar-refractivity contribution is -0.384. The summed E-state index contributed by atoms with van der Waals surface area (Å²) in [5, 5.41) is 20.5. The maximum absolute atomic E-state index is 11.6. The van der Waals surface area contributed by atoms with Gasteiger partial charge in [0, 0.05) is 0 Å². The maximum atomic E-state index is 11.6. The van der Waals surface area contributed by atoms with Crippen molar-refractivity contribution in [1.82, 2.24) is 9.97 Å². The van der Waals surface area contributed by atoms with E-state index in [2.05, 4.69) is 9.97 Å². The Hall–Kier alpha value is -2.97. The standard InChI is InChI=1S/C11H10N4O5/c1-2-20-11(17)6-3-5-8(12)7(15(18)19)4-13-9(5)14-10(6)16/h3-4H,2H2,1H3,(H3,12,13,14,16). The van der Waals surface area contributed by atoms with E-state index in [0.29, 0.717) is 0 Å². The van der Waals surface area contributed by atoms with Crippen molar-refractivity contribution in [3.63, 3.8) is 0 Å². The Morgan fingerprint density at radius 3 is 2.90 bits per heavy atom. The topological polar surface area (TPSA) is 141 Å². The van der Waals surface area contributed by atoms with Gasteiger partial charge in [0.25, 0.3) is 0 Å². The van der Waals surface area contributed by atoms with Crippen LogP contribution in [-0.2, 0) is 4.74 Å². The summed E-state index contributed by atoms with van der Waals surface area (Å²) in [6.45, 7) is 1.71. The lowest BCUT2D eigenvalue weighted by Gasteiger charge is -2.06. The number of nitrogens with two attached hydrogens (primary N) is 1. The van der Waals surface area contributed by atoms with Crippen molar-refractivity contribution < 1.29 is 19.6 Å². The summed E-state index contributed by atoms with van der Waals surface area (Å²) in [6.07, 6.45) is 0.939. The van der Waals surface area contributed by atoms with Crippen LogP contribution in [0.3, 0.4) is 0 Å². The molecule has 9 nitrogen and oxygen atoms in total. The molecule has 0 bridgehead atoms. The van der Waals surface area contributed by atoms with E-state index < -0.39 is 22.5 Å². The van der Waals surface area contributed by atoms with E-state index in [1.54, 1.807) is 6.92 Å². The predicted molar refractivity (Wildman–Crippen MR) is 68.2 cm³/mol. The number of carbonyl (C=O) groups excluding carboxylic acids is 1. The Bertz CT molecular complexity index is 716. The zero-order chi connectivity index (χ0) is 14.9. The first-order chi connectivity index (χ1) is 9.45. The molecule has 0 saturated carbocycles. The zero-order valence-corrected chi connectivity index (χ0v) is 10.4. The summed E-state index contributed by atoms with van der Waals surface area (Å²) < 4.78 is 4.74. The molecule has 2 aromatic heterocycles. The average molecular weight is 278 g/mol. The molecule has 0 unspecified atom stereocenters. The fourth-order valence-corrected chi connectivity index (χ4v) is 1.63. The first kappa shape index (κ1) is 13.5. The summed E-state index contributed by atoms with van der Waals surface area (Å²) in [5.74, 6) is -1.37. The number of hydrogen-bond acceptors (Lipinski definition) is 8. The normalized spacial score (nSPS) is 10.4. The van der Waals surface area contributed by atoms with Crippen LogP contribution in [0.2, 0.25) is 0 Å². The summed E-state index contributed by atoms with van der Waals surface area (Å²) in [5.41, 5.74) is 4.84. The summed E-state index contributed by atoms with van der Waals surface area (Å²) in [7, 11) is 0. The van der Waals surface area contributed by atoms with Gasteiger partial charge in [-0.15, -0.1) is 0 Å². The molecule has 0 aliphatic carbocycles. The van der Waals surface area contributed by atoms with Crippen LogP contribution < -0.4 is 5.73 Å². The van der Waals surface area contributed by atoms with Crippen molar-refractivity contribution in [2.75, 3.05) is 12.3 Å². The second-order valence-electron chi connectivity index (χ2n) is 3.77. The van der Waals surface area contributed by atoms with E-state index in [1.165, 1.54) is 6.07 Å². The quantitative estimate of drug-likeness (QED) is 0.481. The number of esters is 1. The molecule has 0 aromatic carbocycles. The highest BCUT2D eigenvalue weighted by molar-refractivity contribution is 6.00. The molecule has 20 heavy (non-hydrogen) atoms. The van der Waals surface area contributed by atoms with Gasteiger partial charge in [-0.05, 0) is 13.0 Å². The smallest absolute Gasteiger partial charge is 0.343 e. The molecule has 2 aromatic rings. The Balaban J connectivity index is 2.69. The van der Waals surface area contributed by atoms with Gasteiger partial charge in [0.1, 0.15) is 17.4 Å². The molecular weight excluding hydrogens is 268 g/mol. The number of pyridine rings is 2. The molecule has 0 aliphatic heterocycles. The fraction of sp³-hybridized carbons (Fsp3) is 0.182. The van der Waals surface area contributed by atoms with Crippen molar-refractivity contribution >= 4 is 28.4 Å². The number of ether oxygens (including phenoxy) is 1. The van der Waals surface area contributed by atoms with Gasteiger partial charge < -0.3 is 15.6 Å². The van der Waals surface area contributed by atoms with Crippen LogP contribution in [0.4, 0.5) is 11.4 Å². The van der Waals surface area contributed by atoms with Crippen molar-refractivity contribution in [3.05, 3.63) is 27.9 Å². The second-order valence-corrected chi connectivity index (χ2v) is 3.77. The SMILES string of the molecule is CCOC(=O)c1cc2c(N)c([N+](=O)[O-])cnc2nc1O. The minimum atomic E-state index is -0.801. The summed E-state index contributed by atoms with van der Waals surface area (Å²) in [4.78, 5) is 29.1. The summed E-state index contributed by atoms with van der Waals surface area (Å²) in [6, 6.07) is 1.17.